The number of aliphatic hydroxyl groups excluding tert-OH is 1. The van der Waals surface area contributed by atoms with E-state index in [9.17, 15) is 14.7 Å². The Morgan fingerprint density at radius 1 is 1.22 bits per heavy atom. The van der Waals surface area contributed by atoms with E-state index in [2.05, 4.69) is 10.6 Å². The molecule has 0 spiro atoms. The van der Waals surface area contributed by atoms with Crippen molar-refractivity contribution in [2.45, 2.75) is 26.4 Å². The molecule has 3 N–H and O–H groups in total. The largest absolute Gasteiger partial charge is 0.388 e. The molecule has 1 aromatic heterocycles. The van der Waals surface area contributed by atoms with Gasteiger partial charge in [-0.15, -0.1) is 0 Å². The highest BCUT2D eigenvalue weighted by molar-refractivity contribution is 7.07. The van der Waals surface area contributed by atoms with Gasteiger partial charge in [0.2, 0.25) is 0 Å². The van der Waals surface area contributed by atoms with Gasteiger partial charge < -0.3 is 15.7 Å². The van der Waals surface area contributed by atoms with E-state index in [1.54, 1.807) is 6.07 Å². The molecule has 0 fully saturated rings. The van der Waals surface area contributed by atoms with Gasteiger partial charge in [-0.3, -0.25) is 9.59 Å². The van der Waals surface area contributed by atoms with E-state index in [0.29, 0.717) is 12.1 Å². The Kier molecular flexibility index (Phi) is 5.90. The van der Waals surface area contributed by atoms with Crippen LogP contribution in [-0.2, 0) is 9.59 Å². The minimum atomic E-state index is -0.705. The maximum Gasteiger partial charge on any atom is 0.313 e. The Hall–Kier alpha value is -2.18. The Labute approximate surface area is 139 Å². The average molecular weight is 332 g/mol. The zero-order valence-electron chi connectivity index (χ0n) is 13.1. The van der Waals surface area contributed by atoms with Crippen molar-refractivity contribution >= 4 is 28.8 Å². The van der Waals surface area contributed by atoms with Gasteiger partial charge in [-0.2, -0.15) is 11.3 Å². The van der Waals surface area contributed by atoms with Crippen molar-refractivity contribution < 1.29 is 14.7 Å². The number of rotatable bonds is 5. The quantitative estimate of drug-likeness (QED) is 0.736. The molecule has 23 heavy (non-hydrogen) atoms. The number of anilines is 1. The van der Waals surface area contributed by atoms with Crippen molar-refractivity contribution in [1.29, 1.82) is 0 Å². The number of hydrogen-bond donors (Lipinski definition) is 3. The summed E-state index contributed by atoms with van der Waals surface area (Å²) in [7, 11) is 0. The highest BCUT2D eigenvalue weighted by Crippen LogP contribution is 2.19. The first-order valence-electron chi connectivity index (χ1n) is 7.34. The summed E-state index contributed by atoms with van der Waals surface area (Å²) in [5.74, 6) is -1.41. The van der Waals surface area contributed by atoms with Gasteiger partial charge in [0, 0.05) is 12.2 Å². The molecular weight excluding hydrogens is 312 g/mol. The molecule has 1 unspecified atom stereocenters. The first-order chi connectivity index (χ1) is 11.0. The van der Waals surface area contributed by atoms with Crippen LogP contribution in [-0.4, -0.2) is 23.5 Å². The summed E-state index contributed by atoms with van der Waals surface area (Å²) < 4.78 is 0. The fraction of sp³-hybridized carbons (Fsp3) is 0.294. The highest BCUT2D eigenvalue weighted by Gasteiger charge is 2.15. The normalized spacial score (nSPS) is 11.8. The number of amides is 2. The van der Waals surface area contributed by atoms with E-state index in [0.717, 1.165) is 16.7 Å². The molecule has 0 aliphatic heterocycles. The maximum absolute atomic E-state index is 11.9. The molecule has 0 bridgehead atoms. The number of aryl methyl sites for hydroxylation is 1. The predicted molar refractivity (Wildman–Crippen MR) is 91.5 cm³/mol. The molecule has 1 aromatic carbocycles. The molecule has 2 aromatic rings. The summed E-state index contributed by atoms with van der Waals surface area (Å²) in [6.45, 7) is 4.06. The van der Waals surface area contributed by atoms with Crippen LogP contribution in [0.2, 0.25) is 0 Å². The number of carbonyl (C=O) groups excluding carboxylic acids is 2. The molecule has 0 radical (unpaired) electrons. The smallest absolute Gasteiger partial charge is 0.313 e. The molecule has 1 atom stereocenters. The number of benzene rings is 1. The van der Waals surface area contributed by atoms with Crippen molar-refractivity contribution in [2.24, 2.45) is 0 Å². The molecule has 6 heteroatoms. The average Bonchev–Trinajstić information content (AvgIpc) is 3.06. The van der Waals surface area contributed by atoms with Crippen LogP contribution < -0.4 is 10.6 Å². The van der Waals surface area contributed by atoms with Crippen molar-refractivity contribution in [3.05, 3.63) is 51.7 Å². The SMILES string of the molecule is Cc1cccc(NC(=O)C(=O)NCCC(O)c2ccsc2)c1C. The monoisotopic (exact) mass is 332 g/mol. The zero-order valence-corrected chi connectivity index (χ0v) is 13.9. The van der Waals surface area contributed by atoms with Gasteiger partial charge in [0.05, 0.1) is 6.10 Å². The molecule has 122 valence electrons. The standard InChI is InChI=1S/C17H20N2O3S/c1-11-4-3-5-14(12(11)2)19-17(22)16(21)18-8-6-15(20)13-7-9-23-10-13/h3-5,7,9-10,15,20H,6,8H2,1-2H3,(H,18,21)(H,19,22). The van der Waals surface area contributed by atoms with E-state index in [4.69, 9.17) is 0 Å². The lowest BCUT2D eigenvalue weighted by atomic mass is 10.1. The summed E-state index contributed by atoms with van der Waals surface area (Å²) in [5.41, 5.74) is 3.43. The molecule has 1 heterocycles. The lowest BCUT2D eigenvalue weighted by Gasteiger charge is -2.11. The summed E-state index contributed by atoms with van der Waals surface area (Å²) in [6, 6.07) is 7.36. The molecule has 2 amide bonds. The van der Waals surface area contributed by atoms with Gasteiger partial charge >= 0.3 is 11.8 Å². The van der Waals surface area contributed by atoms with E-state index in [1.165, 1.54) is 11.3 Å². The minimum Gasteiger partial charge on any atom is -0.388 e. The van der Waals surface area contributed by atoms with Crippen LogP contribution in [0.25, 0.3) is 0 Å². The van der Waals surface area contributed by atoms with Crippen molar-refractivity contribution in [2.75, 3.05) is 11.9 Å². The second-order valence-corrected chi connectivity index (χ2v) is 6.10. The number of hydrogen-bond acceptors (Lipinski definition) is 4. The lowest BCUT2D eigenvalue weighted by molar-refractivity contribution is -0.136. The highest BCUT2D eigenvalue weighted by atomic mass is 32.1. The molecule has 0 aliphatic carbocycles. The molecule has 0 aliphatic rings. The van der Waals surface area contributed by atoms with Gasteiger partial charge in [0.15, 0.2) is 0 Å². The van der Waals surface area contributed by atoms with E-state index >= 15 is 0 Å². The van der Waals surface area contributed by atoms with E-state index in [1.807, 2.05) is 42.8 Å². The number of thiophene rings is 1. The van der Waals surface area contributed by atoms with Gasteiger partial charge in [-0.05, 0) is 59.9 Å². The first kappa shape index (κ1) is 17.2. The van der Waals surface area contributed by atoms with E-state index < -0.39 is 17.9 Å². The van der Waals surface area contributed by atoms with Crippen molar-refractivity contribution in [3.8, 4) is 0 Å². The van der Waals surface area contributed by atoms with Gasteiger partial charge in [0.1, 0.15) is 0 Å². The zero-order chi connectivity index (χ0) is 16.8. The van der Waals surface area contributed by atoms with Crippen LogP contribution in [0.15, 0.2) is 35.0 Å². The maximum atomic E-state index is 11.9. The molecule has 0 saturated carbocycles. The third-order valence-corrected chi connectivity index (χ3v) is 4.39. The Bertz CT molecular complexity index is 683. The second kappa shape index (κ2) is 7.89. The van der Waals surface area contributed by atoms with Crippen LogP contribution in [0, 0.1) is 13.8 Å². The topological polar surface area (TPSA) is 78.4 Å². The first-order valence-corrected chi connectivity index (χ1v) is 8.29. The number of carbonyl (C=O) groups is 2. The van der Waals surface area contributed by atoms with Crippen molar-refractivity contribution in [1.82, 2.24) is 5.32 Å². The molecule has 5 nitrogen and oxygen atoms in total. The Balaban J connectivity index is 1.81. The van der Waals surface area contributed by atoms with Crippen LogP contribution in [0.5, 0.6) is 0 Å². The van der Waals surface area contributed by atoms with Crippen LogP contribution in [0.3, 0.4) is 0 Å². The molecular formula is C17H20N2O3S. The Morgan fingerprint density at radius 2 is 2.00 bits per heavy atom. The van der Waals surface area contributed by atoms with Gasteiger partial charge in [-0.1, -0.05) is 12.1 Å². The van der Waals surface area contributed by atoms with Crippen molar-refractivity contribution in [3.63, 3.8) is 0 Å². The summed E-state index contributed by atoms with van der Waals surface area (Å²) in [6.07, 6.45) is -0.275. The Morgan fingerprint density at radius 3 is 2.70 bits per heavy atom. The molecule has 2 rings (SSSR count). The van der Waals surface area contributed by atoms with Crippen LogP contribution >= 0.6 is 11.3 Å². The fourth-order valence-corrected chi connectivity index (χ4v) is 2.81. The fourth-order valence-electron chi connectivity index (χ4n) is 2.10. The number of nitrogens with one attached hydrogen (secondary N) is 2. The van der Waals surface area contributed by atoms with Gasteiger partial charge in [-0.25, -0.2) is 0 Å². The predicted octanol–water partition coefficient (Wildman–Crippen LogP) is 2.54. The van der Waals surface area contributed by atoms with Gasteiger partial charge in [0.25, 0.3) is 0 Å². The summed E-state index contributed by atoms with van der Waals surface area (Å²) in [4.78, 5) is 23.7. The van der Waals surface area contributed by atoms with Crippen LogP contribution in [0.4, 0.5) is 5.69 Å². The third-order valence-electron chi connectivity index (χ3n) is 3.69. The number of aliphatic hydroxyl groups is 1. The van der Waals surface area contributed by atoms with E-state index in [-0.39, 0.29) is 6.54 Å². The van der Waals surface area contributed by atoms with Crippen LogP contribution in [0.1, 0.15) is 29.2 Å². The summed E-state index contributed by atoms with van der Waals surface area (Å²) in [5, 5.41) is 18.8. The third kappa shape index (κ3) is 4.64. The molecule has 0 saturated heterocycles. The minimum absolute atomic E-state index is 0.232. The summed E-state index contributed by atoms with van der Waals surface area (Å²) >= 11 is 1.50. The lowest BCUT2D eigenvalue weighted by Crippen LogP contribution is -2.36. The second-order valence-electron chi connectivity index (χ2n) is 5.32.